The fourth-order valence-corrected chi connectivity index (χ4v) is 5.25. The Balaban J connectivity index is 1.39. The summed E-state index contributed by atoms with van der Waals surface area (Å²) in [7, 11) is 0. The number of rotatable bonds is 8. The van der Waals surface area contributed by atoms with E-state index in [1.54, 1.807) is 25.2 Å². The molecule has 2 heterocycles. The number of aryl methyl sites for hydroxylation is 1. The average molecular weight is 519 g/mol. The first-order chi connectivity index (χ1) is 16.5. The van der Waals surface area contributed by atoms with Gasteiger partial charge >= 0.3 is 0 Å². The zero-order chi connectivity index (χ0) is 25.4. The van der Waals surface area contributed by atoms with Crippen LogP contribution in [0, 0.1) is 6.92 Å². The summed E-state index contributed by atoms with van der Waals surface area (Å²) in [5.74, 6) is -1.44. The van der Waals surface area contributed by atoms with E-state index in [1.807, 2.05) is 36.7 Å². The molecule has 188 valence electrons. The van der Waals surface area contributed by atoms with Gasteiger partial charge in [0.1, 0.15) is 12.1 Å². The van der Waals surface area contributed by atoms with Gasteiger partial charge in [0.25, 0.3) is 5.91 Å². The Morgan fingerprint density at radius 2 is 1.97 bits per heavy atom. The highest BCUT2D eigenvalue weighted by Crippen LogP contribution is 2.40. The topological polar surface area (TPSA) is 91.4 Å². The highest BCUT2D eigenvalue weighted by atomic mass is 32.1. The Labute approximate surface area is 214 Å². The molecule has 2 atom stereocenters. The molecular weight excluding hydrogens is 487 g/mol. The smallest absolute Gasteiger partial charge is 0.258 e. The molecule has 10 heteroatoms. The summed E-state index contributed by atoms with van der Waals surface area (Å²) in [4.78, 5) is 45.6. The maximum atomic E-state index is 14.2. The second-order valence-electron chi connectivity index (χ2n) is 9.90. The first kappa shape index (κ1) is 25.6. The molecule has 1 saturated heterocycles. The van der Waals surface area contributed by atoms with Crippen molar-refractivity contribution in [3.8, 4) is 10.4 Å². The Bertz CT molecular complexity index is 1110. The molecule has 1 aromatic carbocycles. The number of halogens is 1. The number of carbonyl (C=O) groups is 3. The number of thiol groups is 1. The van der Waals surface area contributed by atoms with Crippen molar-refractivity contribution < 1.29 is 18.8 Å². The number of thiazole rings is 1. The first-order valence-electron chi connectivity index (χ1n) is 11.8. The van der Waals surface area contributed by atoms with Gasteiger partial charge in [0, 0.05) is 17.8 Å². The first-order valence-corrected chi connectivity index (χ1v) is 13.1. The van der Waals surface area contributed by atoms with Gasteiger partial charge in [-0.2, -0.15) is 12.6 Å². The van der Waals surface area contributed by atoms with E-state index in [2.05, 4.69) is 28.2 Å². The molecule has 0 radical (unpaired) electrons. The molecule has 1 aromatic heterocycles. The number of carbonyl (C=O) groups excluding carboxylic acids is 3. The molecule has 2 fully saturated rings. The normalized spacial score (nSPS) is 19.8. The number of nitrogens with one attached hydrogen (secondary N) is 2. The molecule has 1 aliphatic carbocycles. The minimum absolute atomic E-state index is 0.159. The van der Waals surface area contributed by atoms with Crippen molar-refractivity contribution in [2.24, 2.45) is 0 Å². The summed E-state index contributed by atoms with van der Waals surface area (Å²) in [6, 6.07) is 6.26. The van der Waals surface area contributed by atoms with Crippen molar-refractivity contribution in [2.45, 2.75) is 75.5 Å². The molecule has 1 aliphatic heterocycles. The molecule has 3 amide bonds. The fraction of sp³-hybridized carbons (Fsp3) is 0.520. The number of benzene rings is 1. The Hall–Kier alpha value is -2.46. The molecule has 35 heavy (non-hydrogen) atoms. The van der Waals surface area contributed by atoms with Crippen LogP contribution in [0.15, 0.2) is 29.8 Å². The van der Waals surface area contributed by atoms with E-state index >= 15 is 0 Å². The van der Waals surface area contributed by atoms with Crippen LogP contribution in [0.2, 0.25) is 0 Å². The molecule has 2 N–H and O–H groups in total. The minimum Gasteiger partial charge on any atom is -0.350 e. The van der Waals surface area contributed by atoms with E-state index in [0.29, 0.717) is 25.9 Å². The van der Waals surface area contributed by atoms with E-state index in [-0.39, 0.29) is 18.7 Å². The molecular formula is C25H31FN4O3S2. The van der Waals surface area contributed by atoms with E-state index in [4.69, 9.17) is 0 Å². The van der Waals surface area contributed by atoms with Gasteiger partial charge in [0.2, 0.25) is 11.8 Å². The summed E-state index contributed by atoms with van der Waals surface area (Å²) in [5, 5.41) is 5.49. The third-order valence-corrected chi connectivity index (χ3v) is 7.83. The molecule has 1 unspecified atom stereocenters. The van der Waals surface area contributed by atoms with Gasteiger partial charge in [-0.05, 0) is 57.6 Å². The monoisotopic (exact) mass is 518 g/mol. The second-order valence-corrected chi connectivity index (χ2v) is 11.9. The lowest BCUT2D eigenvalue weighted by Gasteiger charge is -2.35. The molecule has 1 saturated carbocycles. The zero-order valence-corrected chi connectivity index (χ0v) is 21.8. The number of nitrogens with zero attached hydrogens (tertiary/aromatic N) is 2. The number of alkyl halides is 1. The van der Waals surface area contributed by atoms with Gasteiger partial charge < -0.3 is 15.5 Å². The lowest BCUT2D eigenvalue weighted by atomic mass is 10.0. The van der Waals surface area contributed by atoms with E-state index in [9.17, 15) is 18.8 Å². The van der Waals surface area contributed by atoms with Crippen LogP contribution in [0.4, 0.5) is 4.39 Å². The predicted octanol–water partition coefficient (Wildman–Crippen LogP) is 3.42. The Morgan fingerprint density at radius 1 is 1.29 bits per heavy atom. The average Bonchev–Trinajstić information content (AvgIpc) is 3.20. The number of aromatic nitrogens is 1. The van der Waals surface area contributed by atoms with Crippen LogP contribution in [-0.4, -0.2) is 56.6 Å². The van der Waals surface area contributed by atoms with E-state index in [0.717, 1.165) is 21.7 Å². The van der Waals surface area contributed by atoms with Gasteiger partial charge in [0.15, 0.2) is 5.67 Å². The van der Waals surface area contributed by atoms with Crippen molar-refractivity contribution in [3.05, 3.63) is 41.0 Å². The molecule has 7 nitrogen and oxygen atoms in total. The van der Waals surface area contributed by atoms with Crippen LogP contribution < -0.4 is 10.6 Å². The van der Waals surface area contributed by atoms with Crippen LogP contribution in [-0.2, 0) is 20.9 Å². The van der Waals surface area contributed by atoms with Gasteiger partial charge in [-0.1, -0.05) is 24.3 Å². The number of likely N-dealkylation sites (tertiary alicyclic amines) is 1. The summed E-state index contributed by atoms with van der Waals surface area (Å²) in [5.41, 5.74) is 2.93. The summed E-state index contributed by atoms with van der Waals surface area (Å²) in [6.07, 6.45) is 1.52. The van der Waals surface area contributed by atoms with Crippen LogP contribution >= 0.6 is 24.0 Å². The second kappa shape index (κ2) is 9.89. The van der Waals surface area contributed by atoms with Crippen molar-refractivity contribution >= 4 is 41.7 Å². The highest BCUT2D eigenvalue weighted by Gasteiger charge is 2.53. The molecule has 0 spiro atoms. The lowest BCUT2D eigenvalue weighted by Crippen LogP contribution is -2.60. The van der Waals surface area contributed by atoms with Crippen LogP contribution in [0.3, 0.4) is 0 Å². The van der Waals surface area contributed by atoms with Gasteiger partial charge in [0.05, 0.1) is 16.1 Å². The lowest BCUT2D eigenvalue weighted by molar-refractivity contribution is -0.142. The summed E-state index contributed by atoms with van der Waals surface area (Å²) < 4.78 is 13.3. The molecule has 0 bridgehead atoms. The van der Waals surface area contributed by atoms with Crippen LogP contribution in [0.25, 0.3) is 10.4 Å². The Kier molecular flexibility index (Phi) is 7.24. The number of hydrogen-bond donors (Lipinski definition) is 3. The van der Waals surface area contributed by atoms with E-state index in [1.165, 1.54) is 4.90 Å². The predicted molar refractivity (Wildman–Crippen MR) is 137 cm³/mol. The van der Waals surface area contributed by atoms with Gasteiger partial charge in [-0.25, -0.2) is 9.37 Å². The van der Waals surface area contributed by atoms with Crippen LogP contribution in [0.1, 0.15) is 50.8 Å². The quantitative estimate of drug-likeness (QED) is 0.467. The summed E-state index contributed by atoms with van der Waals surface area (Å²) >= 11 is 6.08. The van der Waals surface area contributed by atoms with Gasteiger partial charge in [-0.3, -0.25) is 14.4 Å². The van der Waals surface area contributed by atoms with Crippen molar-refractivity contribution in [3.63, 3.8) is 0 Å². The number of hydrogen-bond acceptors (Lipinski definition) is 6. The SMILES string of the molecule is Cc1ncsc1-c1ccc(CNC(=O)C2CCCN2C(=O)[C@@H](NC(=O)C2(F)CC2)C(C)(C)S)cc1. The van der Waals surface area contributed by atoms with Crippen molar-refractivity contribution in [2.75, 3.05) is 6.54 Å². The van der Waals surface area contributed by atoms with Crippen molar-refractivity contribution in [1.82, 2.24) is 20.5 Å². The number of amides is 3. The van der Waals surface area contributed by atoms with Crippen LogP contribution in [0.5, 0.6) is 0 Å². The molecule has 2 aliphatic rings. The third kappa shape index (κ3) is 5.69. The van der Waals surface area contributed by atoms with Crippen molar-refractivity contribution in [1.29, 1.82) is 0 Å². The highest BCUT2D eigenvalue weighted by molar-refractivity contribution is 7.81. The van der Waals surface area contributed by atoms with Gasteiger partial charge in [-0.15, -0.1) is 11.3 Å². The zero-order valence-electron chi connectivity index (χ0n) is 20.1. The largest absolute Gasteiger partial charge is 0.350 e. The standard InChI is InChI=1S/C25H31FN4O3S2/c1-15-19(35-14-28-15)17-8-6-16(7-9-17)13-27-21(31)18-5-4-12-30(18)22(32)20(24(2,3)34)29-23(33)25(26)10-11-25/h6-9,14,18,20,34H,4-5,10-13H2,1-3H3,(H,27,31)(H,29,33)/t18?,20-/m1/s1. The maximum absolute atomic E-state index is 14.2. The maximum Gasteiger partial charge on any atom is 0.258 e. The molecule has 4 rings (SSSR count). The molecule has 2 aromatic rings. The third-order valence-electron chi connectivity index (χ3n) is 6.59. The summed E-state index contributed by atoms with van der Waals surface area (Å²) in [6.45, 7) is 6.10. The van der Waals surface area contributed by atoms with E-state index < -0.39 is 34.3 Å². The fourth-order valence-electron chi connectivity index (χ4n) is 4.27. The minimum atomic E-state index is -1.90. The Morgan fingerprint density at radius 3 is 2.54 bits per heavy atom.